The molecule has 2 aromatic rings. The van der Waals surface area contributed by atoms with Gasteiger partial charge in [0.25, 0.3) is 5.56 Å². The molecule has 1 heterocycles. The van der Waals surface area contributed by atoms with Crippen LogP contribution in [0.2, 0.25) is 0 Å². The summed E-state index contributed by atoms with van der Waals surface area (Å²) < 4.78 is 2.02. The summed E-state index contributed by atoms with van der Waals surface area (Å²) in [6.07, 6.45) is 5.91. The van der Waals surface area contributed by atoms with Gasteiger partial charge in [0, 0.05) is 6.04 Å². The molecule has 4 N–H and O–H groups in total. The molecule has 0 spiro atoms. The average Bonchev–Trinajstić information content (AvgIpc) is 2.84. The number of carbonyl (C=O) groups is 2. The Labute approximate surface area is 215 Å². The molecular formula is C28H37N3O6. The Kier molecular flexibility index (Phi) is 6.96. The number of aromatic nitrogens is 2. The number of Topliss-reactive ketones (excluding diaryl/α,β-unsaturated/α-hetero) is 1. The van der Waals surface area contributed by atoms with Crippen LogP contribution in [-0.2, 0) is 22.2 Å². The van der Waals surface area contributed by atoms with Crippen molar-refractivity contribution in [1.82, 2.24) is 9.13 Å². The lowest BCUT2D eigenvalue weighted by molar-refractivity contribution is -0.137. The predicted octanol–water partition coefficient (Wildman–Crippen LogP) is 3.21. The number of ketones is 1. The second-order valence-electron chi connectivity index (χ2n) is 11.9. The third kappa shape index (κ3) is 4.77. The van der Waals surface area contributed by atoms with E-state index in [2.05, 4.69) is 27.7 Å². The first kappa shape index (κ1) is 26.9. The first-order valence-corrected chi connectivity index (χ1v) is 13.0. The molecule has 0 amide bonds. The molecule has 1 saturated carbocycles. The van der Waals surface area contributed by atoms with Crippen LogP contribution in [0.3, 0.4) is 0 Å². The average molecular weight is 512 g/mol. The molecule has 2 aliphatic carbocycles. The van der Waals surface area contributed by atoms with Gasteiger partial charge in [-0.1, -0.05) is 65.2 Å². The van der Waals surface area contributed by atoms with Crippen LogP contribution in [0.1, 0.15) is 106 Å². The van der Waals surface area contributed by atoms with Crippen molar-refractivity contribution < 1.29 is 19.8 Å². The van der Waals surface area contributed by atoms with E-state index < -0.39 is 46.5 Å². The summed E-state index contributed by atoms with van der Waals surface area (Å²) in [6, 6.07) is 3.52. The van der Waals surface area contributed by atoms with Crippen molar-refractivity contribution in [1.29, 1.82) is 0 Å². The lowest BCUT2D eigenvalue weighted by atomic mass is 9.63. The van der Waals surface area contributed by atoms with Crippen LogP contribution in [0.4, 0.5) is 0 Å². The van der Waals surface area contributed by atoms with E-state index >= 15 is 0 Å². The number of nitrogens with zero attached hydrogens (tertiary/aromatic N) is 2. The molecule has 0 saturated heterocycles. The highest BCUT2D eigenvalue weighted by atomic mass is 16.4. The van der Waals surface area contributed by atoms with Crippen LogP contribution in [0.25, 0.3) is 0 Å². The highest BCUT2D eigenvalue weighted by Crippen LogP contribution is 2.46. The van der Waals surface area contributed by atoms with Crippen LogP contribution in [-0.4, -0.2) is 37.1 Å². The van der Waals surface area contributed by atoms with Crippen molar-refractivity contribution in [3.63, 3.8) is 0 Å². The van der Waals surface area contributed by atoms with Crippen molar-refractivity contribution >= 4 is 11.8 Å². The van der Waals surface area contributed by atoms with E-state index in [1.54, 1.807) is 0 Å². The number of benzene rings is 1. The first-order valence-electron chi connectivity index (χ1n) is 13.0. The summed E-state index contributed by atoms with van der Waals surface area (Å²) in [7, 11) is 0. The van der Waals surface area contributed by atoms with Gasteiger partial charge >= 0.3 is 11.7 Å². The van der Waals surface area contributed by atoms with E-state index in [1.807, 2.05) is 18.2 Å². The molecular weight excluding hydrogens is 474 g/mol. The standard InChI is InChI=1S/C28H37N3O6/c1-27(2)12-13-28(3,4)19-14-16(10-11-18(19)27)15-30-23(33)20(22(32)21(29)25(35)36)24(34)31(26(30)37)17-8-6-5-7-9-17/h10-11,14,17,21,34H,5-9,12-13,15,29H2,1-4H3,(H,35,36). The SMILES string of the molecule is CC1(C)CCC(C)(C)c2cc(Cn3c(=O)c(C(=O)C(N)C(=O)O)c(O)n(C4CCCCC4)c3=O)ccc21. The summed E-state index contributed by atoms with van der Waals surface area (Å²) in [4.78, 5) is 51.4. The van der Waals surface area contributed by atoms with Crippen LogP contribution < -0.4 is 17.0 Å². The molecule has 1 aromatic carbocycles. The number of rotatable bonds is 6. The zero-order chi connectivity index (χ0) is 27.3. The van der Waals surface area contributed by atoms with E-state index in [4.69, 9.17) is 5.73 Å². The van der Waals surface area contributed by atoms with Gasteiger partial charge < -0.3 is 15.9 Å². The number of carbonyl (C=O) groups excluding carboxylic acids is 1. The fourth-order valence-electron chi connectivity index (χ4n) is 5.87. The zero-order valence-electron chi connectivity index (χ0n) is 22.0. The molecule has 2 aliphatic rings. The van der Waals surface area contributed by atoms with Crippen molar-refractivity contribution in [3.05, 3.63) is 61.3 Å². The van der Waals surface area contributed by atoms with Gasteiger partial charge in [-0.2, -0.15) is 0 Å². The van der Waals surface area contributed by atoms with E-state index in [0.717, 1.165) is 46.8 Å². The smallest absolute Gasteiger partial charge is 0.334 e. The fourth-order valence-corrected chi connectivity index (χ4v) is 5.87. The summed E-state index contributed by atoms with van der Waals surface area (Å²) in [5, 5.41) is 20.2. The summed E-state index contributed by atoms with van der Waals surface area (Å²) in [5.41, 5.74) is 6.05. The number of hydrogen-bond donors (Lipinski definition) is 3. The number of carboxylic acids is 1. The van der Waals surface area contributed by atoms with Gasteiger partial charge in [-0.3, -0.25) is 23.5 Å². The molecule has 9 nitrogen and oxygen atoms in total. The molecule has 1 aromatic heterocycles. The second kappa shape index (κ2) is 9.59. The van der Waals surface area contributed by atoms with Crippen molar-refractivity contribution in [2.24, 2.45) is 5.73 Å². The topological polar surface area (TPSA) is 145 Å². The Morgan fingerprint density at radius 1 is 1.03 bits per heavy atom. The Morgan fingerprint density at radius 3 is 2.22 bits per heavy atom. The van der Waals surface area contributed by atoms with Gasteiger partial charge in [0.2, 0.25) is 11.7 Å². The molecule has 0 bridgehead atoms. The molecule has 200 valence electrons. The van der Waals surface area contributed by atoms with Gasteiger partial charge in [0.15, 0.2) is 6.04 Å². The van der Waals surface area contributed by atoms with Gasteiger partial charge in [-0.05, 0) is 53.2 Å². The fraction of sp³-hybridized carbons (Fsp3) is 0.571. The third-order valence-electron chi connectivity index (χ3n) is 8.34. The Hall–Kier alpha value is -3.20. The number of aliphatic carboxylic acids is 1. The van der Waals surface area contributed by atoms with Crippen LogP contribution in [0.15, 0.2) is 27.8 Å². The highest BCUT2D eigenvalue weighted by molar-refractivity contribution is 6.12. The van der Waals surface area contributed by atoms with Crippen molar-refractivity contribution in [2.75, 3.05) is 0 Å². The van der Waals surface area contributed by atoms with Gasteiger partial charge in [-0.15, -0.1) is 0 Å². The summed E-state index contributed by atoms with van der Waals surface area (Å²) in [5.74, 6) is -3.64. The maximum atomic E-state index is 13.6. The summed E-state index contributed by atoms with van der Waals surface area (Å²) >= 11 is 0. The molecule has 9 heteroatoms. The van der Waals surface area contributed by atoms with Crippen LogP contribution in [0.5, 0.6) is 5.88 Å². The molecule has 1 atom stereocenters. The van der Waals surface area contributed by atoms with E-state index in [1.165, 1.54) is 5.56 Å². The number of nitrogens with two attached hydrogens (primary N) is 1. The van der Waals surface area contributed by atoms with Crippen LogP contribution >= 0.6 is 0 Å². The second-order valence-corrected chi connectivity index (χ2v) is 11.9. The number of fused-ring (bicyclic) bond motifs is 1. The van der Waals surface area contributed by atoms with Gasteiger partial charge in [-0.25, -0.2) is 4.79 Å². The number of hydrogen-bond acceptors (Lipinski definition) is 6. The maximum Gasteiger partial charge on any atom is 0.334 e. The lowest BCUT2D eigenvalue weighted by Crippen LogP contribution is -2.48. The first-order chi connectivity index (χ1) is 17.3. The van der Waals surface area contributed by atoms with Crippen molar-refractivity contribution in [3.8, 4) is 5.88 Å². The molecule has 37 heavy (non-hydrogen) atoms. The monoisotopic (exact) mass is 511 g/mol. The normalized spacial score (nSPS) is 19.7. The van der Waals surface area contributed by atoms with E-state index in [-0.39, 0.29) is 17.4 Å². The van der Waals surface area contributed by atoms with E-state index in [9.17, 15) is 29.4 Å². The molecule has 1 fully saturated rings. The number of carboxylic acid groups (broad SMARTS) is 1. The quantitative estimate of drug-likeness (QED) is 0.399. The maximum absolute atomic E-state index is 13.6. The molecule has 0 radical (unpaired) electrons. The molecule has 1 unspecified atom stereocenters. The predicted molar refractivity (Wildman–Crippen MR) is 140 cm³/mol. The van der Waals surface area contributed by atoms with E-state index in [0.29, 0.717) is 18.4 Å². The minimum absolute atomic E-state index is 0.000978. The Morgan fingerprint density at radius 2 is 1.62 bits per heavy atom. The number of aromatic hydroxyl groups is 1. The minimum Gasteiger partial charge on any atom is -0.494 e. The summed E-state index contributed by atoms with van der Waals surface area (Å²) in [6.45, 7) is 8.65. The third-order valence-corrected chi connectivity index (χ3v) is 8.34. The van der Waals surface area contributed by atoms with Gasteiger partial charge in [0.1, 0.15) is 5.56 Å². The Balaban J connectivity index is 1.89. The largest absolute Gasteiger partial charge is 0.494 e. The Bertz CT molecular complexity index is 1360. The molecule has 0 aliphatic heterocycles. The highest BCUT2D eigenvalue weighted by Gasteiger charge is 2.37. The van der Waals surface area contributed by atoms with Gasteiger partial charge in [0.05, 0.1) is 6.54 Å². The van der Waals surface area contributed by atoms with Crippen LogP contribution in [0, 0.1) is 0 Å². The minimum atomic E-state index is -2.03. The zero-order valence-corrected chi connectivity index (χ0v) is 22.0. The lowest BCUT2D eigenvalue weighted by Gasteiger charge is -2.42. The molecule has 4 rings (SSSR count). The van der Waals surface area contributed by atoms with Crippen molar-refractivity contribution in [2.45, 2.75) is 102 Å².